The van der Waals surface area contributed by atoms with Crippen molar-refractivity contribution < 1.29 is 13.9 Å². The van der Waals surface area contributed by atoms with Gasteiger partial charge in [0.25, 0.3) is 0 Å². The van der Waals surface area contributed by atoms with Gasteiger partial charge in [-0.15, -0.1) is 0 Å². The molecule has 0 amide bonds. The lowest BCUT2D eigenvalue weighted by Gasteiger charge is -2.11. The Morgan fingerprint density at radius 3 is 2.70 bits per heavy atom. The Morgan fingerprint density at radius 1 is 1.25 bits per heavy atom. The van der Waals surface area contributed by atoms with E-state index in [4.69, 9.17) is 16.3 Å². The number of ether oxygens (including phenoxy) is 1. The zero-order chi connectivity index (χ0) is 14.7. The molecule has 0 saturated carbocycles. The third kappa shape index (κ3) is 3.36. The summed E-state index contributed by atoms with van der Waals surface area (Å²) in [5.41, 5.74) is 1.82. The minimum absolute atomic E-state index is 0.0235. The first-order chi connectivity index (χ1) is 9.47. The average Bonchev–Trinajstić information content (AvgIpc) is 2.40. The number of hydrogen-bond donors (Lipinski definition) is 0. The number of aryl methyl sites for hydroxylation is 1. The summed E-state index contributed by atoms with van der Waals surface area (Å²) in [7, 11) is 0. The maximum atomic E-state index is 13.6. The predicted octanol–water partition coefficient (Wildman–Crippen LogP) is 4.57. The summed E-state index contributed by atoms with van der Waals surface area (Å²) in [4.78, 5) is 11.6. The molecule has 0 radical (unpaired) electrons. The lowest BCUT2D eigenvalue weighted by molar-refractivity contribution is 0.101. The largest absolute Gasteiger partial charge is 0.488 e. The molecule has 0 aromatic heterocycles. The van der Waals surface area contributed by atoms with Gasteiger partial charge in [-0.1, -0.05) is 23.2 Å². The molecule has 2 aromatic rings. The summed E-state index contributed by atoms with van der Waals surface area (Å²) in [6.45, 7) is 3.39. The van der Waals surface area contributed by atoms with E-state index >= 15 is 0 Å². The normalized spacial score (nSPS) is 10.4. The van der Waals surface area contributed by atoms with Gasteiger partial charge in [-0.2, -0.15) is 0 Å². The van der Waals surface area contributed by atoms with Crippen molar-refractivity contribution in [2.75, 3.05) is 0 Å². The molecule has 2 aromatic carbocycles. The van der Waals surface area contributed by atoms with Crippen LogP contribution in [0.15, 0.2) is 36.4 Å². The maximum Gasteiger partial charge on any atom is 0.163 e. The van der Waals surface area contributed by atoms with Crippen molar-refractivity contribution in [2.45, 2.75) is 20.5 Å². The second-order valence-electron chi connectivity index (χ2n) is 4.58. The molecule has 0 heterocycles. The van der Waals surface area contributed by atoms with E-state index in [0.717, 1.165) is 5.56 Å². The Morgan fingerprint density at radius 2 is 2.00 bits per heavy atom. The van der Waals surface area contributed by atoms with Gasteiger partial charge in [0, 0.05) is 10.6 Å². The molecule has 0 spiro atoms. The van der Waals surface area contributed by atoms with Crippen molar-refractivity contribution in [3.63, 3.8) is 0 Å². The topological polar surface area (TPSA) is 26.3 Å². The van der Waals surface area contributed by atoms with Crippen LogP contribution in [-0.2, 0) is 6.61 Å². The van der Waals surface area contributed by atoms with Crippen LogP contribution in [0.4, 0.5) is 4.39 Å². The maximum absolute atomic E-state index is 13.6. The Bertz CT molecular complexity index is 653. The molecule has 0 fully saturated rings. The third-order valence-corrected chi connectivity index (χ3v) is 3.14. The van der Waals surface area contributed by atoms with Crippen LogP contribution in [0, 0.1) is 12.7 Å². The fourth-order valence-corrected chi connectivity index (χ4v) is 2.05. The van der Waals surface area contributed by atoms with Crippen molar-refractivity contribution in [3.8, 4) is 5.75 Å². The van der Waals surface area contributed by atoms with Crippen LogP contribution in [-0.4, -0.2) is 5.78 Å². The summed E-state index contributed by atoms with van der Waals surface area (Å²) in [6.07, 6.45) is 0. The molecule has 0 atom stereocenters. The Balaban J connectivity index is 2.23. The van der Waals surface area contributed by atoms with Crippen LogP contribution >= 0.6 is 11.6 Å². The highest BCUT2D eigenvalue weighted by Gasteiger charge is 2.10. The van der Waals surface area contributed by atoms with E-state index in [9.17, 15) is 9.18 Å². The average molecular weight is 293 g/mol. The van der Waals surface area contributed by atoms with Crippen molar-refractivity contribution in [1.82, 2.24) is 0 Å². The molecule has 2 nitrogen and oxygen atoms in total. The highest BCUT2D eigenvalue weighted by molar-refractivity contribution is 6.30. The Labute approximate surface area is 122 Å². The van der Waals surface area contributed by atoms with E-state index in [0.29, 0.717) is 21.9 Å². The fourth-order valence-electron chi connectivity index (χ4n) is 1.85. The summed E-state index contributed by atoms with van der Waals surface area (Å²) in [6, 6.07) is 9.60. The van der Waals surface area contributed by atoms with Crippen LogP contribution < -0.4 is 4.74 Å². The van der Waals surface area contributed by atoms with Crippen molar-refractivity contribution in [3.05, 3.63) is 63.9 Å². The van der Waals surface area contributed by atoms with Gasteiger partial charge in [0.1, 0.15) is 18.2 Å². The molecule has 2 rings (SSSR count). The molecule has 104 valence electrons. The molecular weight excluding hydrogens is 279 g/mol. The second-order valence-corrected chi connectivity index (χ2v) is 5.02. The molecule has 20 heavy (non-hydrogen) atoms. The molecule has 0 aliphatic carbocycles. The fraction of sp³-hybridized carbons (Fsp3) is 0.188. The third-order valence-electron chi connectivity index (χ3n) is 2.91. The van der Waals surface area contributed by atoms with Crippen molar-refractivity contribution >= 4 is 17.4 Å². The van der Waals surface area contributed by atoms with Gasteiger partial charge in [-0.05, 0) is 44.2 Å². The Hall–Kier alpha value is -1.87. The van der Waals surface area contributed by atoms with Gasteiger partial charge < -0.3 is 4.74 Å². The van der Waals surface area contributed by atoms with E-state index in [1.165, 1.54) is 25.1 Å². The molecular formula is C16H14ClFO2. The smallest absolute Gasteiger partial charge is 0.163 e. The zero-order valence-electron chi connectivity index (χ0n) is 11.2. The predicted molar refractivity (Wildman–Crippen MR) is 76.9 cm³/mol. The minimum atomic E-state index is -0.383. The van der Waals surface area contributed by atoms with Gasteiger partial charge in [0.2, 0.25) is 0 Å². The van der Waals surface area contributed by atoms with Crippen molar-refractivity contribution in [1.29, 1.82) is 0 Å². The summed E-state index contributed by atoms with van der Waals surface area (Å²) >= 11 is 5.82. The van der Waals surface area contributed by atoms with Gasteiger partial charge >= 0.3 is 0 Å². The van der Waals surface area contributed by atoms with Crippen LogP contribution in [0.25, 0.3) is 0 Å². The molecule has 0 N–H and O–H groups in total. The zero-order valence-corrected chi connectivity index (χ0v) is 12.0. The first-order valence-electron chi connectivity index (χ1n) is 6.15. The monoisotopic (exact) mass is 292 g/mol. The number of hydrogen-bond acceptors (Lipinski definition) is 2. The molecule has 0 saturated heterocycles. The number of carbonyl (C=O) groups is 1. The SMILES string of the molecule is CC(=O)c1cc(C)ccc1OCc1cc(Cl)ccc1F. The number of halogens is 2. The summed E-state index contributed by atoms with van der Waals surface area (Å²) < 4.78 is 19.1. The van der Waals surface area contributed by atoms with E-state index in [1.807, 2.05) is 13.0 Å². The Kier molecular flexibility index (Phi) is 4.40. The van der Waals surface area contributed by atoms with Crippen LogP contribution in [0.2, 0.25) is 5.02 Å². The minimum Gasteiger partial charge on any atom is -0.488 e. The van der Waals surface area contributed by atoms with Gasteiger partial charge in [-0.3, -0.25) is 4.79 Å². The van der Waals surface area contributed by atoms with E-state index in [1.54, 1.807) is 12.1 Å². The second kappa shape index (κ2) is 6.06. The van der Waals surface area contributed by atoms with E-state index < -0.39 is 0 Å². The van der Waals surface area contributed by atoms with Gasteiger partial charge in [0.15, 0.2) is 5.78 Å². The summed E-state index contributed by atoms with van der Waals surface area (Å²) in [5.74, 6) is -0.0244. The lowest BCUT2D eigenvalue weighted by atomic mass is 10.1. The molecule has 4 heteroatoms. The van der Waals surface area contributed by atoms with E-state index in [-0.39, 0.29) is 18.2 Å². The molecule has 0 bridgehead atoms. The number of ketones is 1. The quantitative estimate of drug-likeness (QED) is 0.772. The van der Waals surface area contributed by atoms with Crippen LogP contribution in [0.5, 0.6) is 5.75 Å². The lowest BCUT2D eigenvalue weighted by Crippen LogP contribution is -2.03. The van der Waals surface area contributed by atoms with Gasteiger partial charge in [-0.25, -0.2) is 4.39 Å². The highest BCUT2D eigenvalue weighted by atomic mass is 35.5. The summed E-state index contributed by atoms with van der Waals surface area (Å²) in [5, 5.41) is 0.445. The molecule has 0 aliphatic heterocycles. The van der Waals surface area contributed by atoms with Crippen LogP contribution in [0.1, 0.15) is 28.4 Å². The first-order valence-corrected chi connectivity index (χ1v) is 6.53. The standard InChI is InChI=1S/C16H14ClFO2/c1-10-3-6-16(14(7-10)11(2)19)20-9-12-8-13(17)4-5-15(12)18/h3-8H,9H2,1-2H3. The van der Waals surface area contributed by atoms with E-state index in [2.05, 4.69) is 0 Å². The molecule has 0 unspecified atom stereocenters. The number of benzene rings is 2. The number of Topliss-reactive ketones (excluding diaryl/α,β-unsaturated/α-hetero) is 1. The van der Waals surface area contributed by atoms with Gasteiger partial charge in [0.05, 0.1) is 5.56 Å². The first kappa shape index (κ1) is 14.5. The van der Waals surface area contributed by atoms with Crippen molar-refractivity contribution in [2.24, 2.45) is 0 Å². The number of rotatable bonds is 4. The molecule has 0 aliphatic rings. The number of carbonyl (C=O) groups excluding carboxylic acids is 1. The van der Waals surface area contributed by atoms with Crippen LogP contribution in [0.3, 0.4) is 0 Å². The highest BCUT2D eigenvalue weighted by Crippen LogP contribution is 2.23.